The number of benzene rings is 1. The molecule has 2 fully saturated rings. The molecule has 1 aromatic carbocycles. The normalized spacial score (nSPS) is 28.3. The highest BCUT2D eigenvalue weighted by Crippen LogP contribution is 2.46. The van der Waals surface area contributed by atoms with E-state index in [-0.39, 0.29) is 23.7 Å². The Morgan fingerprint density at radius 2 is 1.81 bits per heavy atom. The molecule has 4 nitrogen and oxygen atoms in total. The van der Waals surface area contributed by atoms with Gasteiger partial charge in [-0.05, 0) is 42.9 Å². The maximum atomic E-state index is 12.7. The number of amides is 2. The average molecular weight is 286 g/mol. The fourth-order valence-corrected chi connectivity index (χ4v) is 3.72. The zero-order valence-corrected chi connectivity index (χ0v) is 12.6. The SMILES string of the molecule is CCC1CC2C(=O)N(c3cc(CN)ccc3C)C(=O)C2C1. The number of carbonyl (C=O) groups excluding carboxylic acids is 2. The highest BCUT2D eigenvalue weighted by Gasteiger charge is 2.52. The molecule has 1 aliphatic heterocycles. The molecule has 112 valence electrons. The molecule has 1 saturated heterocycles. The summed E-state index contributed by atoms with van der Waals surface area (Å²) >= 11 is 0. The van der Waals surface area contributed by atoms with Gasteiger partial charge in [-0.25, -0.2) is 4.90 Å². The van der Waals surface area contributed by atoms with Gasteiger partial charge in [-0.3, -0.25) is 9.59 Å². The van der Waals surface area contributed by atoms with Crippen molar-refractivity contribution in [1.82, 2.24) is 0 Å². The van der Waals surface area contributed by atoms with Crippen LogP contribution in [0.4, 0.5) is 5.69 Å². The summed E-state index contributed by atoms with van der Waals surface area (Å²) in [5.41, 5.74) is 8.28. The first kappa shape index (κ1) is 14.3. The molecule has 21 heavy (non-hydrogen) atoms. The Balaban J connectivity index is 1.95. The molecule has 0 radical (unpaired) electrons. The van der Waals surface area contributed by atoms with E-state index in [1.807, 2.05) is 25.1 Å². The van der Waals surface area contributed by atoms with Crippen molar-refractivity contribution in [3.05, 3.63) is 29.3 Å². The van der Waals surface area contributed by atoms with Crippen LogP contribution < -0.4 is 10.6 Å². The number of fused-ring (bicyclic) bond motifs is 1. The van der Waals surface area contributed by atoms with Crippen LogP contribution in [-0.4, -0.2) is 11.8 Å². The van der Waals surface area contributed by atoms with Crippen molar-refractivity contribution in [2.75, 3.05) is 4.90 Å². The summed E-state index contributed by atoms with van der Waals surface area (Å²) in [4.78, 5) is 26.8. The van der Waals surface area contributed by atoms with Gasteiger partial charge in [0, 0.05) is 6.54 Å². The Morgan fingerprint density at radius 1 is 1.19 bits per heavy atom. The van der Waals surface area contributed by atoms with Gasteiger partial charge in [0.15, 0.2) is 0 Å². The summed E-state index contributed by atoms with van der Waals surface area (Å²) in [6.07, 6.45) is 2.77. The Kier molecular flexibility index (Phi) is 3.57. The first-order valence-electron chi connectivity index (χ1n) is 7.74. The molecule has 0 aromatic heterocycles. The van der Waals surface area contributed by atoms with Gasteiger partial charge in [-0.15, -0.1) is 0 Å². The number of hydrogen-bond donors (Lipinski definition) is 1. The van der Waals surface area contributed by atoms with Crippen LogP contribution in [0, 0.1) is 24.7 Å². The molecule has 1 heterocycles. The number of carbonyl (C=O) groups is 2. The van der Waals surface area contributed by atoms with E-state index < -0.39 is 0 Å². The third-order valence-electron chi connectivity index (χ3n) is 5.06. The first-order valence-corrected chi connectivity index (χ1v) is 7.74. The number of imide groups is 1. The molecule has 2 aliphatic rings. The Bertz CT molecular complexity index is 572. The quantitative estimate of drug-likeness (QED) is 0.868. The molecule has 1 aromatic rings. The second-order valence-corrected chi connectivity index (χ2v) is 6.30. The van der Waals surface area contributed by atoms with Crippen LogP contribution in [0.3, 0.4) is 0 Å². The number of anilines is 1. The molecule has 4 heteroatoms. The lowest BCUT2D eigenvalue weighted by atomic mass is 10.00. The van der Waals surface area contributed by atoms with E-state index >= 15 is 0 Å². The summed E-state index contributed by atoms with van der Waals surface area (Å²) in [5.74, 6) is 0.273. The standard InChI is InChI=1S/C17H22N2O2/c1-3-11-6-13-14(7-11)17(21)19(16(13)20)15-8-12(9-18)5-4-10(15)2/h4-5,8,11,13-14H,3,6-7,9,18H2,1-2H3. The van der Waals surface area contributed by atoms with Crippen molar-refractivity contribution in [3.63, 3.8) is 0 Å². The average Bonchev–Trinajstić information content (AvgIpc) is 3.01. The highest BCUT2D eigenvalue weighted by molar-refractivity contribution is 6.22. The van der Waals surface area contributed by atoms with E-state index in [4.69, 9.17) is 5.73 Å². The van der Waals surface area contributed by atoms with Gasteiger partial charge in [-0.1, -0.05) is 25.5 Å². The molecular formula is C17H22N2O2. The third-order valence-corrected chi connectivity index (χ3v) is 5.06. The van der Waals surface area contributed by atoms with Gasteiger partial charge >= 0.3 is 0 Å². The lowest BCUT2D eigenvalue weighted by Gasteiger charge is -2.20. The van der Waals surface area contributed by atoms with Gasteiger partial charge in [0.05, 0.1) is 17.5 Å². The van der Waals surface area contributed by atoms with E-state index in [0.717, 1.165) is 36.1 Å². The molecule has 2 amide bonds. The van der Waals surface area contributed by atoms with E-state index in [1.165, 1.54) is 4.90 Å². The van der Waals surface area contributed by atoms with E-state index in [0.29, 0.717) is 12.5 Å². The number of nitrogens with zero attached hydrogens (tertiary/aromatic N) is 1. The smallest absolute Gasteiger partial charge is 0.237 e. The van der Waals surface area contributed by atoms with Crippen LogP contribution in [0.1, 0.15) is 37.3 Å². The van der Waals surface area contributed by atoms with E-state index in [9.17, 15) is 9.59 Å². The van der Waals surface area contributed by atoms with Gasteiger partial charge in [0.1, 0.15) is 0 Å². The number of nitrogens with two attached hydrogens (primary N) is 1. The zero-order chi connectivity index (χ0) is 15.1. The van der Waals surface area contributed by atoms with Crippen molar-refractivity contribution in [1.29, 1.82) is 0 Å². The predicted molar refractivity (Wildman–Crippen MR) is 81.6 cm³/mol. The second-order valence-electron chi connectivity index (χ2n) is 6.30. The Morgan fingerprint density at radius 3 is 2.33 bits per heavy atom. The monoisotopic (exact) mass is 286 g/mol. The van der Waals surface area contributed by atoms with Crippen LogP contribution in [0.25, 0.3) is 0 Å². The van der Waals surface area contributed by atoms with E-state index in [1.54, 1.807) is 0 Å². The lowest BCUT2D eigenvalue weighted by molar-refractivity contribution is -0.123. The fraction of sp³-hybridized carbons (Fsp3) is 0.529. The van der Waals surface area contributed by atoms with Crippen molar-refractivity contribution in [2.45, 2.75) is 39.7 Å². The summed E-state index contributed by atoms with van der Waals surface area (Å²) in [5, 5.41) is 0. The fourth-order valence-electron chi connectivity index (χ4n) is 3.72. The zero-order valence-electron chi connectivity index (χ0n) is 12.6. The van der Waals surface area contributed by atoms with E-state index in [2.05, 4.69) is 6.92 Å². The van der Waals surface area contributed by atoms with Crippen LogP contribution in [-0.2, 0) is 16.1 Å². The largest absolute Gasteiger partial charge is 0.326 e. The molecule has 3 rings (SSSR count). The molecule has 2 unspecified atom stereocenters. The van der Waals surface area contributed by atoms with Crippen LogP contribution in [0.5, 0.6) is 0 Å². The van der Waals surface area contributed by atoms with Crippen LogP contribution in [0.2, 0.25) is 0 Å². The maximum absolute atomic E-state index is 12.7. The topological polar surface area (TPSA) is 63.4 Å². The van der Waals surface area contributed by atoms with Gasteiger partial charge < -0.3 is 5.73 Å². The molecule has 1 saturated carbocycles. The van der Waals surface area contributed by atoms with Gasteiger partial charge in [0.25, 0.3) is 0 Å². The Hall–Kier alpha value is -1.68. The predicted octanol–water partition coefficient (Wildman–Crippen LogP) is 2.38. The van der Waals surface area contributed by atoms with Crippen LogP contribution in [0.15, 0.2) is 18.2 Å². The van der Waals surface area contributed by atoms with Crippen molar-refractivity contribution in [2.24, 2.45) is 23.5 Å². The minimum absolute atomic E-state index is 0.0155. The summed E-state index contributed by atoms with van der Waals surface area (Å²) in [6, 6.07) is 5.75. The lowest BCUT2D eigenvalue weighted by Crippen LogP contribution is -2.33. The van der Waals surface area contributed by atoms with Crippen molar-refractivity contribution in [3.8, 4) is 0 Å². The van der Waals surface area contributed by atoms with Crippen molar-refractivity contribution < 1.29 is 9.59 Å². The second kappa shape index (κ2) is 5.26. The van der Waals surface area contributed by atoms with Crippen LogP contribution >= 0.6 is 0 Å². The molecule has 1 aliphatic carbocycles. The number of hydrogen-bond acceptors (Lipinski definition) is 3. The molecular weight excluding hydrogens is 264 g/mol. The minimum atomic E-state index is -0.108. The maximum Gasteiger partial charge on any atom is 0.237 e. The Labute approximate surface area is 125 Å². The summed E-state index contributed by atoms with van der Waals surface area (Å²) < 4.78 is 0. The molecule has 0 bridgehead atoms. The van der Waals surface area contributed by atoms with Gasteiger partial charge in [0.2, 0.25) is 11.8 Å². The number of aryl methyl sites for hydroxylation is 1. The summed E-state index contributed by atoms with van der Waals surface area (Å²) in [7, 11) is 0. The first-order chi connectivity index (χ1) is 10.1. The number of rotatable bonds is 3. The molecule has 2 atom stereocenters. The third kappa shape index (κ3) is 2.18. The highest BCUT2D eigenvalue weighted by atomic mass is 16.2. The van der Waals surface area contributed by atoms with Gasteiger partial charge in [-0.2, -0.15) is 0 Å². The minimum Gasteiger partial charge on any atom is -0.326 e. The van der Waals surface area contributed by atoms with Crippen molar-refractivity contribution >= 4 is 17.5 Å². The molecule has 2 N–H and O–H groups in total. The summed E-state index contributed by atoms with van der Waals surface area (Å²) in [6.45, 7) is 4.47. The molecule has 0 spiro atoms.